The van der Waals surface area contributed by atoms with Crippen molar-refractivity contribution in [2.75, 3.05) is 6.61 Å². The molecule has 0 aliphatic carbocycles. The maximum Gasteiger partial charge on any atom is 0.193 e. The molecule has 0 aromatic heterocycles. The summed E-state index contributed by atoms with van der Waals surface area (Å²) in [5, 5.41) is -1.30. The maximum absolute atomic E-state index is 12.8. The van der Waals surface area contributed by atoms with Gasteiger partial charge in [0.1, 0.15) is 5.75 Å². The second-order valence-electron chi connectivity index (χ2n) is 5.53. The van der Waals surface area contributed by atoms with Gasteiger partial charge in [0.05, 0.1) is 17.2 Å². The molecule has 0 bridgehead atoms. The summed E-state index contributed by atoms with van der Waals surface area (Å²) in [5.41, 5.74) is 1.73. The number of aryl methyl sites for hydroxylation is 1. The average molecular weight is 343 g/mol. The summed E-state index contributed by atoms with van der Waals surface area (Å²) in [7, 11) is -3.85. The smallest absolute Gasteiger partial charge is 0.193 e. The summed E-state index contributed by atoms with van der Waals surface area (Å²) in [5.74, 6) is 0.138. The molecule has 0 saturated carbocycles. The van der Waals surface area contributed by atoms with Crippen molar-refractivity contribution in [2.45, 2.75) is 24.0 Å². The van der Waals surface area contributed by atoms with E-state index in [1.807, 2.05) is 19.9 Å². The molecule has 3 rings (SSSR count). The first-order valence-electron chi connectivity index (χ1n) is 7.59. The Balaban J connectivity index is 1.97. The SMILES string of the molecule is CCOc1ccc(S(=O)(=O)C2C=Nc3ccc(C)cc3C2=O)cc1. The van der Waals surface area contributed by atoms with E-state index in [4.69, 9.17) is 4.74 Å². The highest BCUT2D eigenvalue weighted by molar-refractivity contribution is 7.93. The molecule has 1 unspecified atom stereocenters. The number of nitrogens with zero attached hydrogens (tertiary/aromatic N) is 1. The van der Waals surface area contributed by atoms with Gasteiger partial charge in [-0.15, -0.1) is 0 Å². The van der Waals surface area contributed by atoms with Gasteiger partial charge >= 0.3 is 0 Å². The van der Waals surface area contributed by atoms with Crippen molar-refractivity contribution in [1.29, 1.82) is 0 Å². The van der Waals surface area contributed by atoms with Gasteiger partial charge in [-0.25, -0.2) is 8.42 Å². The van der Waals surface area contributed by atoms with Crippen molar-refractivity contribution in [1.82, 2.24) is 0 Å². The van der Waals surface area contributed by atoms with Crippen LogP contribution in [0.3, 0.4) is 0 Å². The molecular formula is C18H17NO4S. The third kappa shape index (κ3) is 2.85. The van der Waals surface area contributed by atoms with E-state index in [0.717, 1.165) is 5.56 Å². The highest BCUT2D eigenvalue weighted by atomic mass is 32.2. The molecule has 2 aromatic rings. The molecule has 0 fully saturated rings. The number of Topliss-reactive ketones (excluding diaryl/α,β-unsaturated/α-hetero) is 1. The fraction of sp³-hybridized carbons (Fsp3) is 0.222. The second kappa shape index (κ2) is 6.20. The fourth-order valence-corrected chi connectivity index (χ4v) is 4.03. The number of hydrogen-bond acceptors (Lipinski definition) is 5. The third-order valence-corrected chi connectivity index (χ3v) is 5.76. The lowest BCUT2D eigenvalue weighted by Gasteiger charge is -2.18. The van der Waals surface area contributed by atoms with Crippen LogP contribution < -0.4 is 4.74 Å². The molecule has 1 aliphatic heterocycles. The van der Waals surface area contributed by atoms with Crippen molar-refractivity contribution in [2.24, 2.45) is 4.99 Å². The number of aliphatic imine (C=N–C) groups is 1. The van der Waals surface area contributed by atoms with Gasteiger partial charge in [0.25, 0.3) is 0 Å². The number of carbonyl (C=O) groups excluding carboxylic acids is 1. The number of sulfone groups is 1. The first-order chi connectivity index (χ1) is 11.4. The van der Waals surface area contributed by atoms with Crippen LogP contribution in [0.2, 0.25) is 0 Å². The van der Waals surface area contributed by atoms with Crippen LogP contribution in [-0.2, 0) is 9.84 Å². The molecular weight excluding hydrogens is 326 g/mol. The molecule has 24 heavy (non-hydrogen) atoms. The Bertz CT molecular complexity index is 915. The van der Waals surface area contributed by atoms with Crippen molar-refractivity contribution in [3.8, 4) is 5.75 Å². The van der Waals surface area contributed by atoms with Gasteiger partial charge in [-0.1, -0.05) is 11.6 Å². The van der Waals surface area contributed by atoms with Crippen LogP contribution in [0.1, 0.15) is 22.8 Å². The monoisotopic (exact) mass is 343 g/mol. The Morgan fingerprint density at radius 3 is 2.50 bits per heavy atom. The quantitative estimate of drug-likeness (QED) is 0.855. The molecule has 0 amide bonds. The molecule has 5 nitrogen and oxygen atoms in total. The molecule has 0 spiro atoms. The fourth-order valence-electron chi connectivity index (χ4n) is 2.59. The summed E-state index contributed by atoms with van der Waals surface area (Å²) < 4.78 is 30.9. The number of ketones is 1. The predicted octanol–water partition coefficient (Wildman–Crippen LogP) is 3.13. The van der Waals surface area contributed by atoms with Crippen molar-refractivity contribution < 1.29 is 17.9 Å². The average Bonchev–Trinajstić information content (AvgIpc) is 2.56. The highest BCUT2D eigenvalue weighted by Gasteiger charge is 2.36. The van der Waals surface area contributed by atoms with Crippen LogP contribution in [0, 0.1) is 6.92 Å². The minimum absolute atomic E-state index is 0.0758. The summed E-state index contributed by atoms with van der Waals surface area (Å²) in [6, 6.07) is 11.3. The van der Waals surface area contributed by atoms with E-state index in [0.29, 0.717) is 23.6 Å². The van der Waals surface area contributed by atoms with E-state index >= 15 is 0 Å². The predicted molar refractivity (Wildman–Crippen MR) is 92.2 cm³/mol. The zero-order valence-corrected chi connectivity index (χ0v) is 14.2. The molecule has 124 valence electrons. The van der Waals surface area contributed by atoms with Crippen LogP contribution in [0.25, 0.3) is 0 Å². The molecule has 0 radical (unpaired) electrons. The number of hydrogen-bond donors (Lipinski definition) is 0. The van der Waals surface area contributed by atoms with E-state index in [1.54, 1.807) is 24.3 Å². The van der Waals surface area contributed by atoms with E-state index in [1.165, 1.54) is 18.3 Å². The first kappa shape index (κ1) is 16.4. The lowest BCUT2D eigenvalue weighted by Crippen LogP contribution is -2.34. The normalized spacial score (nSPS) is 16.8. The standard InChI is InChI=1S/C18H17NO4S/c1-3-23-13-5-7-14(8-6-13)24(21,22)17-11-19-16-9-4-12(2)10-15(16)18(17)20/h4-11,17H,3H2,1-2H3. The third-order valence-electron chi connectivity index (χ3n) is 3.82. The summed E-state index contributed by atoms with van der Waals surface area (Å²) in [6.07, 6.45) is 1.21. The molecule has 6 heteroatoms. The Kier molecular flexibility index (Phi) is 4.24. The summed E-state index contributed by atoms with van der Waals surface area (Å²) >= 11 is 0. The van der Waals surface area contributed by atoms with Crippen LogP contribution in [0.4, 0.5) is 5.69 Å². The van der Waals surface area contributed by atoms with E-state index in [2.05, 4.69) is 4.99 Å². The Hall–Kier alpha value is -2.47. The molecule has 0 saturated heterocycles. The number of fused-ring (bicyclic) bond motifs is 1. The molecule has 1 heterocycles. The number of ether oxygens (including phenoxy) is 1. The number of carbonyl (C=O) groups is 1. The number of benzene rings is 2. The Morgan fingerprint density at radius 1 is 1.12 bits per heavy atom. The molecule has 2 aromatic carbocycles. The van der Waals surface area contributed by atoms with Crippen molar-refractivity contribution in [3.63, 3.8) is 0 Å². The zero-order chi connectivity index (χ0) is 17.3. The lowest BCUT2D eigenvalue weighted by molar-refractivity contribution is 0.100. The van der Waals surface area contributed by atoms with Crippen molar-refractivity contribution >= 4 is 27.5 Å². The van der Waals surface area contributed by atoms with Gasteiger partial charge in [-0.05, 0) is 50.2 Å². The van der Waals surface area contributed by atoms with Crippen molar-refractivity contribution in [3.05, 3.63) is 53.6 Å². The van der Waals surface area contributed by atoms with E-state index in [9.17, 15) is 13.2 Å². The van der Waals surface area contributed by atoms with Gasteiger partial charge in [-0.2, -0.15) is 0 Å². The van der Waals surface area contributed by atoms with Crippen LogP contribution in [0.5, 0.6) is 5.75 Å². The Labute approximate surface area is 140 Å². The summed E-state index contributed by atoms with van der Waals surface area (Å²) in [6.45, 7) is 4.19. The largest absolute Gasteiger partial charge is 0.494 e. The maximum atomic E-state index is 12.8. The van der Waals surface area contributed by atoms with E-state index in [-0.39, 0.29) is 4.90 Å². The van der Waals surface area contributed by atoms with E-state index < -0.39 is 20.9 Å². The van der Waals surface area contributed by atoms with Crippen LogP contribution >= 0.6 is 0 Å². The lowest BCUT2D eigenvalue weighted by atomic mass is 10.0. The minimum atomic E-state index is -3.85. The topological polar surface area (TPSA) is 72.8 Å². The first-order valence-corrected chi connectivity index (χ1v) is 9.14. The Morgan fingerprint density at radius 2 is 1.83 bits per heavy atom. The van der Waals surface area contributed by atoms with Gasteiger partial charge in [-0.3, -0.25) is 9.79 Å². The highest BCUT2D eigenvalue weighted by Crippen LogP contribution is 2.29. The van der Waals surface area contributed by atoms with Crippen LogP contribution in [-0.4, -0.2) is 32.3 Å². The zero-order valence-electron chi connectivity index (χ0n) is 13.4. The van der Waals surface area contributed by atoms with Gasteiger partial charge in [0, 0.05) is 11.8 Å². The summed E-state index contributed by atoms with van der Waals surface area (Å²) in [4.78, 5) is 16.9. The van der Waals surface area contributed by atoms with Crippen LogP contribution in [0.15, 0.2) is 52.4 Å². The molecule has 1 atom stereocenters. The minimum Gasteiger partial charge on any atom is -0.494 e. The van der Waals surface area contributed by atoms with Gasteiger partial charge in [0.15, 0.2) is 20.9 Å². The molecule has 0 N–H and O–H groups in total. The van der Waals surface area contributed by atoms with Gasteiger partial charge < -0.3 is 4.74 Å². The second-order valence-corrected chi connectivity index (χ2v) is 7.60. The molecule has 1 aliphatic rings. The number of rotatable bonds is 4. The van der Waals surface area contributed by atoms with Gasteiger partial charge in [0.2, 0.25) is 0 Å².